The van der Waals surface area contributed by atoms with E-state index in [2.05, 4.69) is 22.6 Å². The molecule has 2 nitrogen and oxygen atoms in total. The van der Waals surface area contributed by atoms with Gasteiger partial charge in [-0.15, -0.1) is 11.3 Å². The first-order valence-electron chi connectivity index (χ1n) is 5.52. The Kier molecular flexibility index (Phi) is 3.54. The van der Waals surface area contributed by atoms with Gasteiger partial charge in [0.15, 0.2) is 0 Å². The quantitative estimate of drug-likeness (QED) is 0.780. The molecule has 0 aliphatic heterocycles. The van der Waals surface area contributed by atoms with Gasteiger partial charge >= 0.3 is 0 Å². The molecule has 1 saturated carbocycles. The molecule has 0 aromatic carbocycles. The summed E-state index contributed by atoms with van der Waals surface area (Å²) < 4.78 is 0. The van der Waals surface area contributed by atoms with E-state index in [1.807, 2.05) is 6.20 Å². The van der Waals surface area contributed by atoms with Crippen molar-refractivity contribution in [3.05, 3.63) is 16.6 Å². The Morgan fingerprint density at radius 2 is 2.50 bits per heavy atom. The largest absolute Gasteiger partial charge is 0.314 e. The van der Waals surface area contributed by atoms with Gasteiger partial charge in [0.05, 0.1) is 5.01 Å². The Labute approximate surface area is 89.8 Å². The molecular weight excluding hydrogens is 192 g/mol. The first-order valence-corrected chi connectivity index (χ1v) is 6.40. The van der Waals surface area contributed by atoms with E-state index < -0.39 is 0 Å². The summed E-state index contributed by atoms with van der Waals surface area (Å²) >= 11 is 1.78. The van der Waals surface area contributed by atoms with Crippen molar-refractivity contribution >= 4 is 11.3 Å². The van der Waals surface area contributed by atoms with Gasteiger partial charge in [-0.25, -0.2) is 4.98 Å². The fourth-order valence-electron chi connectivity index (χ4n) is 1.92. The molecule has 1 atom stereocenters. The molecule has 1 aliphatic rings. The predicted octanol–water partition coefficient (Wildman–Crippen LogP) is 2.46. The third kappa shape index (κ3) is 2.79. The zero-order valence-corrected chi connectivity index (χ0v) is 9.52. The van der Waals surface area contributed by atoms with Crippen molar-refractivity contribution in [1.82, 2.24) is 10.3 Å². The van der Waals surface area contributed by atoms with E-state index in [1.165, 1.54) is 24.3 Å². The van der Waals surface area contributed by atoms with Crippen LogP contribution in [0.25, 0.3) is 0 Å². The molecule has 1 aliphatic carbocycles. The average molecular weight is 210 g/mol. The lowest BCUT2D eigenvalue weighted by Crippen LogP contribution is -2.31. The monoisotopic (exact) mass is 210 g/mol. The lowest BCUT2D eigenvalue weighted by atomic mass is 10.1. The molecule has 0 radical (unpaired) electrons. The molecule has 0 spiro atoms. The van der Waals surface area contributed by atoms with Crippen LogP contribution in [0.1, 0.15) is 31.2 Å². The topological polar surface area (TPSA) is 24.9 Å². The molecule has 1 aromatic heterocycles. The second-order valence-electron chi connectivity index (χ2n) is 3.97. The van der Waals surface area contributed by atoms with Crippen LogP contribution < -0.4 is 5.32 Å². The van der Waals surface area contributed by atoms with Gasteiger partial charge in [-0.05, 0) is 31.7 Å². The van der Waals surface area contributed by atoms with E-state index in [4.69, 9.17) is 0 Å². The number of nitrogens with zero attached hydrogens (tertiary/aromatic N) is 1. The Morgan fingerprint density at radius 1 is 1.64 bits per heavy atom. The number of thiazole rings is 1. The number of rotatable bonds is 6. The van der Waals surface area contributed by atoms with Gasteiger partial charge in [0.1, 0.15) is 0 Å². The third-order valence-corrected chi connectivity index (χ3v) is 3.65. The van der Waals surface area contributed by atoms with E-state index in [0.717, 1.165) is 24.9 Å². The normalized spacial score (nSPS) is 18.4. The van der Waals surface area contributed by atoms with E-state index in [1.54, 1.807) is 11.3 Å². The molecule has 1 aromatic rings. The number of hydrogen-bond acceptors (Lipinski definition) is 3. The standard InChI is InChI=1S/C11H18N2S/c1-2-12-10(9-3-4-9)5-6-11-13-7-8-14-11/h7-10,12H,2-6H2,1H3. The van der Waals surface area contributed by atoms with Gasteiger partial charge in [-0.2, -0.15) is 0 Å². The summed E-state index contributed by atoms with van der Waals surface area (Å²) in [5.41, 5.74) is 0. The average Bonchev–Trinajstić information content (AvgIpc) is 2.90. The third-order valence-electron chi connectivity index (χ3n) is 2.81. The van der Waals surface area contributed by atoms with E-state index >= 15 is 0 Å². The number of aryl methyl sites for hydroxylation is 1. The van der Waals surface area contributed by atoms with E-state index in [-0.39, 0.29) is 0 Å². The minimum Gasteiger partial charge on any atom is -0.314 e. The molecule has 0 saturated heterocycles. The Morgan fingerprint density at radius 3 is 3.07 bits per heavy atom. The zero-order chi connectivity index (χ0) is 9.80. The first kappa shape index (κ1) is 10.1. The van der Waals surface area contributed by atoms with Gasteiger partial charge in [0, 0.05) is 24.0 Å². The SMILES string of the molecule is CCNC(CCc1nccs1)C1CC1. The van der Waals surface area contributed by atoms with Gasteiger partial charge < -0.3 is 5.32 Å². The maximum atomic E-state index is 4.32. The molecule has 1 fully saturated rings. The molecule has 1 N–H and O–H groups in total. The lowest BCUT2D eigenvalue weighted by Gasteiger charge is -2.15. The second kappa shape index (κ2) is 4.89. The van der Waals surface area contributed by atoms with Crippen LogP contribution in [0.2, 0.25) is 0 Å². The molecule has 14 heavy (non-hydrogen) atoms. The minimum absolute atomic E-state index is 0.740. The van der Waals surface area contributed by atoms with Crippen molar-refractivity contribution in [2.75, 3.05) is 6.54 Å². The summed E-state index contributed by atoms with van der Waals surface area (Å²) in [6.45, 7) is 3.29. The molecular formula is C11H18N2S. The highest BCUT2D eigenvalue weighted by atomic mass is 32.1. The number of aromatic nitrogens is 1. The van der Waals surface area contributed by atoms with Gasteiger partial charge in [-0.1, -0.05) is 6.92 Å². The van der Waals surface area contributed by atoms with Crippen LogP contribution in [-0.2, 0) is 6.42 Å². The van der Waals surface area contributed by atoms with Crippen molar-refractivity contribution in [3.8, 4) is 0 Å². The van der Waals surface area contributed by atoms with Crippen LogP contribution in [-0.4, -0.2) is 17.6 Å². The summed E-state index contributed by atoms with van der Waals surface area (Å²) in [4.78, 5) is 4.32. The van der Waals surface area contributed by atoms with Crippen LogP contribution in [0.4, 0.5) is 0 Å². The predicted molar refractivity (Wildman–Crippen MR) is 60.6 cm³/mol. The number of nitrogens with one attached hydrogen (secondary N) is 1. The smallest absolute Gasteiger partial charge is 0.0925 e. The highest BCUT2D eigenvalue weighted by Crippen LogP contribution is 2.34. The Hall–Kier alpha value is -0.410. The van der Waals surface area contributed by atoms with Crippen LogP contribution in [0.5, 0.6) is 0 Å². The van der Waals surface area contributed by atoms with Crippen molar-refractivity contribution in [2.24, 2.45) is 5.92 Å². The fourth-order valence-corrected chi connectivity index (χ4v) is 2.56. The maximum absolute atomic E-state index is 4.32. The summed E-state index contributed by atoms with van der Waals surface area (Å²) in [7, 11) is 0. The summed E-state index contributed by atoms with van der Waals surface area (Å²) in [6.07, 6.45) is 7.16. The van der Waals surface area contributed by atoms with Crippen LogP contribution >= 0.6 is 11.3 Å². The van der Waals surface area contributed by atoms with Crippen LogP contribution in [0, 0.1) is 5.92 Å². The molecule has 2 rings (SSSR count). The van der Waals surface area contributed by atoms with Gasteiger partial charge in [0.25, 0.3) is 0 Å². The highest BCUT2D eigenvalue weighted by molar-refractivity contribution is 7.09. The highest BCUT2D eigenvalue weighted by Gasteiger charge is 2.30. The Balaban J connectivity index is 1.76. The van der Waals surface area contributed by atoms with E-state index in [0.29, 0.717) is 0 Å². The van der Waals surface area contributed by atoms with Crippen molar-refractivity contribution in [2.45, 2.75) is 38.6 Å². The zero-order valence-electron chi connectivity index (χ0n) is 8.70. The molecule has 78 valence electrons. The molecule has 1 heterocycles. The van der Waals surface area contributed by atoms with Gasteiger partial charge in [-0.3, -0.25) is 0 Å². The molecule has 1 unspecified atom stereocenters. The maximum Gasteiger partial charge on any atom is 0.0925 e. The molecule has 3 heteroatoms. The first-order chi connectivity index (χ1) is 6.90. The molecule has 0 amide bonds. The van der Waals surface area contributed by atoms with Crippen LogP contribution in [0.15, 0.2) is 11.6 Å². The lowest BCUT2D eigenvalue weighted by molar-refractivity contribution is 0.446. The second-order valence-corrected chi connectivity index (χ2v) is 4.95. The molecule has 0 bridgehead atoms. The van der Waals surface area contributed by atoms with Crippen molar-refractivity contribution in [1.29, 1.82) is 0 Å². The number of hydrogen-bond donors (Lipinski definition) is 1. The summed E-state index contributed by atoms with van der Waals surface area (Å²) in [6, 6.07) is 0.740. The fraction of sp³-hybridized carbons (Fsp3) is 0.727. The van der Waals surface area contributed by atoms with Crippen molar-refractivity contribution in [3.63, 3.8) is 0 Å². The van der Waals surface area contributed by atoms with E-state index in [9.17, 15) is 0 Å². The van der Waals surface area contributed by atoms with Gasteiger partial charge in [0.2, 0.25) is 0 Å². The Bertz CT molecular complexity index is 254. The minimum atomic E-state index is 0.740. The summed E-state index contributed by atoms with van der Waals surface area (Å²) in [5, 5.41) is 6.93. The summed E-state index contributed by atoms with van der Waals surface area (Å²) in [5.74, 6) is 0.954. The van der Waals surface area contributed by atoms with Crippen LogP contribution in [0.3, 0.4) is 0 Å². The van der Waals surface area contributed by atoms with Crippen molar-refractivity contribution < 1.29 is 0 Å².